The SMILES string of the molecule is O=C1CCC[C@H](/C=C/C(O)Cc2ccccc2)N1CC#CCOCCO. The van der Waals surface area contributed by atoms with E-state index in [0.717, 1.165) is 18.4 Å². The van der Waals surface area contributed by atoms with Crippen LogP contribution >= 0.6 is 0 Å². The average molecular weight is 357 g/mol. The number of hydrogen-bond acceptors (Lipinski definition) is 4. The largest absolute Gasteiger partial charge is 0.394 e. The Morgan fingerprint density at radius 3 is 2.88 bits per heavy atom. The molecule has 0 radical (unpaired) electrons. The second kappa shape index (κ2) is 11.5. The lowest BCUT2D eigenvalue weighted by atomic mass is 9.99. The van der Waals surface area contributed by atoms with E-state index in [2.05, 4.69) is 11.8 Å². The first-order valence-corrected chi connectivity index (χ1v) is 9.05. The van der Waals surface area contributed by atoms with Crippen LogP contribution < -0.4 is 0 Å². The zero-order valence-corrected chi connectivity index (χ0v) is 15.0. The molecule has 1 unspecified atom stereocenters. The van der Waals surface area contributed by atoms with E-state index in [1.165, 1.54) is 0 Å². The van der Waals surface area contributed by atoms with E-state index in [1.807, 2.05) is 36.4 Å². The molecule has 1 aromatic carbocycles. The molecule has 140 valence electrons. The smallest absolute Gasteiger partial charge is 0.223 e. The van der Waals surface area contributed by atoms with E-state index in [-0.39, 0.29) is 31.8 Å². The normalized spacial score (nSPS) is 18.6. The maximum Gasteiger partial charge on any atom is 0.223 e. The molecule has 1 aliphatic rings. The minimum Gasteiger partial charge on any atom is -0.394 e. The fourth-order valence-electron chi connectivity index (χ4n) is 2.91. The molecule has 1 fully saturated rings. The molecule has 26 heavy (non-hydrogen) atoms. The molecule has 5 heteroatoms. The number of carbonyl (C=O) groups is 1. The van der Waals surface area contributed by atoms with Gasteiger partial charge in [-0.15, -0.1) is 0 Å². The van der Waals surface area contributed by atoms with E-state index in [0.29, 0.717) is 19.4 Å². The number of nitrogens with zero attached hydrogens (tertiary/aromatic N) is 1. The minimum absolute atomic E-state index is 0.0233. The van der Waals surface area contributed by atoms with Crippen LogP contribution in [0.1, 0.15) is 24.8 Å². The lowest BCUT2D eigenvalue weighted by molar-refractivity contribution is -0.134. The Balaban J connectivity index is 1.88. The van der Waals surface area contributed by atoms with Gasteiger partial charge in [0, 0.05) is 12.8 Å². The summed E-state index contributed by atoms with van der Waals surface area (Å²) in [5.41, 5.74) is 1.08. The molecule has 1 aromatic rings. The van der Waals surface area contributed by atoms with Gasteiger partial charge >= 0.3 is 0 Å². The van der Waals surface area contributed by atoms with Crippen LogP contribution in [0.2, 0.25) is 0 Å². The van der Waals surface area contributed by atoms with Gasteiger partial charge in [-0.2, -0.15) is 0 Å². The van der Waals surface area contributed by atoms with Crippen molar-refractivity contribution in [3.63, 3.8) is 0 Å². The molecule has 1 heterocycles. The number of aliphatic hydroxyl groups excluding tert-OH is 2. The zero-order valence-electron chi connectivity index (χ0n) is 15.0. The van der Waals surface area contributed by atoms with Crippen LogP contribution in [0.15, 0.2) is 42.5 Å². The molecule has 0 aromatic heterocycles. The first kappa shape index (κ1) is 20.2. The number of hydrogen-bond donors (Lipinski definition) is 2. The number of likely N-dealkylation sites (tertiary alicyclic amines) is 1. The van der Waals surface area contributed by atoms with Crippen LogP contribution in [0, 0.1) is 11.8 Å². The molecular formula is C21H27NO4. The molecule has 0 spiro atoms. The van der Waals surface area contributed by atoms with Crippen LogP contribution in [0.5, 0.6) is 0 Å². The Morgan fingerprint density at radius 2 is 2.12 bits per heavy atom. The van der Waals surface area contributed by atoms with Gasteiger partial charge in [0.1, 0.15) is 6.61 Å². The predicted molar refractivity (Wildman–Crippen MR) is 100 cm³/mol. The Hall–Kier alpha value is -2.13. The van der Waals surface area contributed by atoms with Crippen molar-refractivity contribution in [3.8, 4) is 11.8 Å². The fraction of sp³-hybridized carbons (Fsp3) is 0.476. The van der Waals surface area contributed by atoms with Gasteiger partial charge in [0.05, 0.1) is 31.9 Å². The van der Waals surface area contributed by atoms with E-state index in [9.17, 15) is 9.90 Å². The summed E-state index contributed by atoms with van der Waals surface area (Å²) < 4.78 is 5.09. The number of ether oxygens (including phenoxy) is 1. The molecule has 0 aliphatic carbocycles. The Bertz CT molecular complexity index is 632. The first-order chi connectivity index (χ1) is 12.7. The van der Waals surface area contributed by atoms with Crippen LogP contribution in [-0.4, -0.2) is 59.5 Å². The highest BCUT2D eigenvalue weighted by Crippen LogP contribution is 2.19. The van der Waals surface area contributed by atoms with Crippen LogP contribution in [0.25, 0.3) is 0 Å². The van der Waals surface area contributed by atoms with Crippen LogP contribution in [-0.2, 0) is 16.0 Å². The number of piperidine rings is 1. The van der Waals surface area contributed by atoms with Crippen molar-refractivity contribution in [2.45, 2.75) is 37.8 Å². The topological polar surface area (TPSA) is 70.0 Å². The standard InChI is InChI=1S/C21H27NO4/c23-14-16-26-15-5-4-13-22-19(9-6-10-21(22)25)11-12-20(24)17-18-7-2-1-3-8-18/h1-3,7-8,11-12,19-20,23-24H,6,9-10,13-17H2/b12-11+/t19-,20?/m1/s1. The maximum atomic E-state index is 12.2. The fourth-order valence-corrected chi connectivity index (χ4v) is 2.91. The molecular weight excluding hydrogens is 330 g/mol. The van der Waals surface area contributed by atoms with E-state index < -0.39 is 6.10 Å². The van der Waals surface area contributed by atoms with Gasteiger partial charge in [0.2, 0.25) is 5.91 Å². The lowest BCUT2D eigenvalue weighted by Crippen LogP contribution is -2.42. The van der Waals surface area contributed by atoms with Gasteiger partial charge in [-0.3, -0.25) is 4.79 Å². The van der Waals surface area contributed by atoms with E-state index in [1.54, 1.807) is 11.0 Å². The summed E-state index contributed by atoms with van der Waals surface area (Å²) in [5, 5.41) is 18.9. The van der Waals surface area contributed by atoms with Crippen molar-refractivity contribution in [1.82, 2.24) is 4.90 Å². The Labute approximate surface area is 155 Å². The number of aliphatic hydroxyl groups is 2. The molecule has 5 nitrogen and oxygen atoms in total. The lowest BCUT2D eigenvalue weighted by Gasteiger charge is -2.32. The highest BCUT2D eigenvalue weighted by atomic mass is 16.5. The van der Waals surface area contributed by atoms with Gasteiger partial charge in [-0.05, 0) is 18.4 Å². The molecule has 1 saturated heterocycles. The number of carbonyl (C=O) groups excluding carboxylic acids is 1. The molecule has 2 atom stereocenters. The molecule has 2 N–H and O–H groups in total. The quantitative estimate of drug-likeness (QED) is 0.421. The summed E-state index contributed by atoms with van der Waals surface area (Å²) in [6, 6.07) is 9.80. The van der Waals surface area contributed by atoms with Crippen molar-refractivity contribution in [3.05, 3.63) is 48.0 Å². The average Bonchev–Trinajstić information content (AvgIpc) is 2.65. The van der Waals surface area contributed by atoms with Gasteiger partial charge in [0.25, 0.3) is 0 Å². The van der Waals surface area contributed by atoms with E-state index in [4.69, 9.17) is 9.84 Å². The third-order valence-electron chi connectivity index (χ3n) is 4.24. The second-order valence-corrected chi connectivity index (χ2v) is 6.25. The summed E-state index contributed by atoms with van der Waals surface area (Å²) >= 11 is 0. The van der Waals surface area contributed by atoms with Gasteiger partial charge in [-0.1, -0.05) is 54.3 Å². The zero-order chi connectivity index (χ0) is 18.6. The van der Waals surface area contributed by atoms with Crippen LogP contribution in [0.4, 0.5) is 0 Å². The maximum absolute atomic E-state index is 12.2. The highest BCUT2D eigenvalue weighted by molar-refractivity contribution is 5.77. The summed E-state index contributed by atoms with van der Waals surface area (Å²) in [6.45, 7) is 0.844. The van der Waals surface area contributed by atoms with Gasteiger partial charge in [0.15, 0.2) is 0 Å². The predicted octanol–water partition coefficient (Wildman–Crippen LogP) is 1.54. The van der Waals surface area contributed by atoms with Crippen molar-refractivity contribution in [2.24, 2.45) is 0 Å². The molecule has 1 aliphatic heterocycles. The molecule has 0 bridgehead atoms. The Kier molecular flexibility index (Phi) is 8.91. The van der Waals surface area contributed by atoms with Crippen molar-refractivity contribution in [2.75, 3.05) is 26.4 Å². The molecule has 2 rings (SSSR count). The number of benzene rings is 1. The monoisotopic (exact) mass is 357 g/mol. The first-order valence-electron chi connectivity index (χ1n) is 9.05. The van der Waals surface area contributed by atoms with Crippen molar-refractivity contribution >= 4 is 5.91 Å². The number of amides is 1. The summed E-state index contributed by atoms with van der Waals surface area (Å²) in [6.07, 6.45) is 5.96. The van der Waals surface area contributed by atoms with Gasteiger partial charge in [-0.25, -0.2) is 0 Å². The highest BCUT2D eigenvalue weighted by Gasteiger charge is 2.25. The second-order valence-electron chi connectivity index (χ2n) is 6.25. The van der Waals surface area contributed by atoms with E-state index >= 15 is 0 Å². The number of rotatable bonds is 8. The van der Waals surface area contributed by atoms with Crippen molar-refractivity contribution in [1.29, 1.82) is 0 Å². The van der Waals surface area contributed by atoms with Crippen LogP contribution in [0.3, 0.4) is 0 Å². The molecule has 1 amide bonds. The third kappa shape index (κ3) is 7.01. The summed E-state index contributed by atoms with van der Waals surface area (Å²) in [4.78, 5) is 14.0. The summed E-state index contributed by atoms with van der Waals surface area (Å²) in [5.74, 6) is 5.90. The third-order valence-corrected chi connectivity index (χ3v) is 4.24. The van der Waals surface area contributed by atoms with Crippen molar-refractivity contribution < 1.29 is 19.7 Å². The minimum atomic E-state index is -0.575. The Morgan fingerprint density at radius 1 is 1.31 bits per heavy atom. The van der Waals surface area contributed by atoms with Gasteiger partial charge < -0.3 is 19.8 Å². The summed E-state index contributed by atoms with van der Waals surface area (Å²) in [7, 11) is 0. The molecule has 0 saturated carbocycles.